The van der Waals surface area contributed by atoms with Crippen molar-refractivity contribution >= 4 is 40.1 Å². The van der Waals surface area contributed by atoms with Crippen molar-refractivity contribution < 1.29 is 9.59 Å². The Morgan fingerprint density at radius 3 is 2.56 bits per heavy atom. The molecule has 1 atom stereocenters. The second-order valence-corrected chi connectivity index (χ2v) is 7.24. The monoisotopic (exact) mass is 425 g/mol. The van der Waals surface area contributed by atoms with Gasteiger partial charge in [0.15, 0.2) is 0 Å². The van der Waals surface area contributed by atoms with Crippen LogP contribution in [0.5, 0.6) is 0 Å². The van der Waals surface area contributed by atoms with Gasteiger partial charge in [0.2, 0.25) is 5.84 Å². The molecule has 9 nitrogen and oxygen atoms in total. The first-order valence-electron chi connectivity index (χ1n) is 10.0. The standard InChI is InChI=1S/C23H19N7O2/c1-15-23(32)30(17-7-3-2-4-8-17)28-21(26-15)22(31)27-16-11-12-20(24-13-16)29-14-25-18-9-5-6-10-19(18)29/h2-15H,1H3,(H,26,28)(H,27,31). The molecule has 0 bridgehead atoms. The van der Waals surface area contributed by atoms with Crippen molar-refractivity contribution in [3.8, 4) is 5.82 Å². The van der Waals surface area contributed by atoms with Gasteiger partial charge in [-0.2, -0.15) is 0 Å². The van der Waals surface area contributed by atoms with Crippen LogP contribution in [-0.4, -0.2) is 38.2 Å². The number of carbonyl (C=O) groups excluding carboxylic acids is 2. The smallest absolute Gasteiger partial charge is 0.292 e. The summed E-state index contributed by atoms with van der Waals surface area (Å²) in [6, 6.07) is 19.7. The molecule has 9 heteroatoms. The van der Waals surface area contributed by atoms with Gasteiger partial charge >= 0.3 is 0 Å². The fourth-order valence-electron chi connectivity index (χ4n) is 3.44. The molecule has 2 amide bonds. The highest BCUT2D eigenvalue weighted by Crippen LogP contribution is 2.19. The molecule has 1 aliphatic rings. The van der Waals surface area contributed by atoms with Crippen LogP contribution in [0.1, 0.15) is 6.92 Å². The number of amidine groups is 1. The number of rotatable bonds is 4. The van der Waals surface area contributed by atoms with Gasteiger partial charge in [-0.05, 0) is 43.3 Å². The van der Waals surface area contributed by atoms with E-state index in [0.717, 1.165) is 11.0 Å². The molecule has 2 aromatic heterocycles. The highest BCUT2D eigenvalue weighted by Gasteiger charge is 2.30. The summed E-state index contributed by atoms with van der Waals surface area (Å²) in [7, 11) is 0. The summed E-state index contributed by atoms with van der Waals surface area (Å²) in [5.74, 6) is 0.0178. The van der Waals surface area contributed by atoms with Crippen LogP contribution in [0.25, 0.3) is 16.9 Å². The van der Waals surface area contributed by atoms with E-state index < -0.39 is 11.9 Å². The van der Waals surface area contributed by atoms with Gasteiger partial charge in [0.25, 0.3) is 11.8 Å². The minimum Gasteiger partial charge on any atom is -0.318 e. The van der Waals surface area contributed by atoms with Crippen LogP contribution in [0, 0.1) is 0 Å². The molecule has 0 aliphatic carbocycles. The van der Waals surface area contributed by atoms with Gasteiger partial charge in [0, 0.05) is 0 Å². The van der Waals surface area contributed by atoms with Crippen LogP contribution < -0.4 is 15.8 Å². The lowest BCUT2D eigenvalue weighted by molar-refractivity contribution is -0.120. The second-order valence-electron chi connectivity index (χ2n) is 7.24. The Bertz CT molecular complexity index is 1330. The number of pyridine rings is 1. The molecule has 0 spiro atoms. The van der Waals surface area contributed by atoms with Gasteiger partial charge < -0.3 is 5.32 Å². The number of hydrogen-bond acceptors (Lipinski definition) is 6. The van der Waals surface area contributed by atoms with E-state index in [9.17, 15) is 9.59 Å². The largest absolute Gasteiger partial charge is 0.318 e. The summed E-state index contributed by atoms with van der Waals surface area (Å²) in [4.78, 5) is 38.3. The molecule has 1 aliphatic heterocycles. The number of aliphatic imine (C=N–C) groups is 1. The van der Waals surface area contributed by atoms with E-state index in [1.54, 1.807) is 43.7 Å². The number of nitrogens with one attached hydrogen (secondary N) is 2. The first-order valence-corrected chi connectivity index (χ1v) is 10.0. The Balaban J connectivity index is 1.33. The maximum Gasteiger partial charge on any atom is 0.292 e. The number of carbonyl (C=O) groups is 2. The van der Waals surface area contributed by atoms with E-state index in [2.05, 4.69) is 25.7 Å². The van der Waals surface area contributed by atoms with Crippen molar-refractivity contribution in [2.24, 2.45) is 4.99 Å². The van der Waals surface area contributed by atoms with Crippen LogP contribution in [0.2, 0.25) is 0 Å². The van der Waals surface area contributed by atoms with Crippen molar-refractivity contribution in [1.82, 2.24) is 20.0 Å². The number of hydrazine groups is 1. The number of para-hydroxylation sites is 3. The van der Waals surface area contributed by atoms with E-state index in [1.165, 1.54) is 5.01 Å². The predicted molar refractivity (Wildman–Crippen MR) is 121 cm³/mol. The van der Waals surface area contributed by atoms with Crippen LogP contribution >= 0.6 is 0 Å². The van der Waals surface area contributed by atoms with E-state index >= 15 is 0 Å². The van der Waals surface area contributed by atoms with Crippen LogP contribution in [-0.2, 0) is 9.59 Å². The Labute approximate surface area is 183 Å². The van der Waals surface area contributed by atoms with E-state index in [1.807, 2.05) is 47.0 Å². The zero-order valence-electron chi connectivity index (χ0n) is 17.1. The fourth-order valence-corrected chi connectivity index (χ4v) is 3.44. The summed E-state index contributed by atoms with van der Waals surface area (Å²) < 4.78 is 1.87. The van der Waals surface area contributed by atoms with Gasteiger partial charge in [-0.15, -0.1) is 0 Å². The van der Waals surface area contributed by atoms with Crippen LogP contribution in [0.3, 0.4) is 0 Å². The molecular weight excluding hydrogens is 406 g/mol. The van der Waals surface area contributed by atoms with Crippen molar-refractivity contribution in [2.75, 3.05) is 10.3 Å². The minimum atomic E-state index is -0.688. The Morgan fingerprint density at radius 1 is 1.00 bits per heavy atom. The molecule has 3 heterocycles. The highest BCUT2D eigenvalue weighted by molar-refractivity contribution is 6.43. The summed E-state index contributed by atoms with van der Waals surface area (Å²) in [6.07, 6.45) is 3.28. The summed E-state index contributed by atoms with van der Waals surface area (Å²) in [6.45, 7) is 1.65. The summed E-state index contributed by atoms with van der Waals surface area (Å²) >= 11 is 0. The highest BCUT2D eigenvalue weighted by atomic mass is 16.2. The topological polar surface area (TPSA) is 105 Å². The molecule has 4 aromatic rings. The van der Waals surface area contributed by atoms with Crippen molar-refractivity contribution in [3.63, 3.8) is 0 Å². The lowest BCUT2D eigenvalue weighted by Crippen LogP contribution is -2.57. The number of fused-ring (bicyclic) bond motifs is 1. The van der Waals surface area contributed by atoms with E-state index in [0.29, 0.717) is 17.2 Å². The number of aromatic nitrogens is 3. The van der Waals surface area contributed by atoms with E-state index in [-0.39, 0.29) is 11.7 Å². The molecule has 2 N–H and O–H groups in total. The molecule has 32 heavy (non-hydrogen) atoms. The lowest BCUT2D eigenvalue weighted by atomic mass is 10.2. The van der Waals surface area contributed by atoms with Gasteiger partial charge in [-0.1, -0.05) is 30.3 Å². The number of amides is 2. The zero-order valence-corrected chi connectivity index (χ0v) is 17.1. The van der Waals surface area contributed by atoms with Gasteiger partial charge in [0.05, 0.1) is 28.6 Å². The molecule has 5 rings (SSSR count). The molecule has 0 saturated heterocycles. The molecule has 1 unspecified atom stereocenters. The predicted octanol–water partition coefficient (Wildman–Crippen LogP) is 2.70. The Morgan fingerprint density at radius 2 is 1.78 bits per heavy atom. The average molecular weight is 425 g/mol. The minimum absolute atomic E-state index is 0.0469. The lowest BCUT2D eigenvalue weighted by Gasteiger charge is -2.30. The van der Waals surface area contributed by atoms with Gasteiger partial charge in [-0.25, -0.2) is 20.0 Å². The number of hydrogen-bond donors (Lipinski definition) is 2. The maximum absolute atomic E-state index is 12.8. The summed E-state index contributed by atoms with van der Waals surface area (Å²) in [5, 5.41) is 4.10. The van der Waals surface area contributed by atoms with E-state index in [4.69, 9.17) is 0 Å². The maximum atomic E-state index is 12.8. The van der Waals surface area contributed by atoms with Crippen LogP contribution in [0.15, 0.2) is 84.2 Å². The molecule has 0 saturated carbocycles. The summed E-state index contributed by atoms with van der Waals surface area (Å²) in [5.41, 5.74) is 5.76. The number of benzene rings is 2. The third-order valence-corrected chi connectivity index (χ3v) is 5.05. The third kappa shape index (κ3) is 3.56. The quantitative estimate of drug-likeness (QED) is 0.523. The molecular formula is C23H19N7O2. The van der Waals surface area contributed by atoms with Crippen molar-refractivity contribution in [3.05, 3.63) is 79.3 Å². The fraction of sp³-hybridized carbons (Fsp3) is 0.0870. The van der Waals surface area contributed by atoms with Gasteiger partial charge in [0.1, 0.15) is 18.2 Å². The average Bonchev–Trinajstić information content (AvgIpc) is 3.26. The molecule has 2 aromatic carbocycles. The first-order chi connectivity index (χ1) is 15.6. The normalized spacial score (nSPS) is 15.9. The number of nitrogens with zero attached hydrogens (tertiary/aromatic N) is 5. The third-order valence-electron chi connectivity index (χ3n) is 5.05. The first kappa shape index (κ1) is 19.4. The molecule has 0 fully saturated rings. The van der Waals surface area contributed by atoms with Crippen molar-refractivity contribution in [2.45, 2.75) is 13.0 Å². The number of anilines is 2. The SMILES string of the molecule is CC1N=C(C(=O)Nc2ccc(-n3cnc4ccccc43)nc2)NN(c2ccccc2)C1=O. The van der Waals surface area contributed by atoms with Crippen molar-refractivity contribution in [1.29, 1.82) is 0 Å². The van der Waals surface area contributed by atoms with Crippen LogP contribution in [0.4, 0.5) is 11.4 Å². The molecule has 0 radical (unpaired) electrons. The number of imidazole rings is 1. The molecule has 158 valence electrons. The second kappa shape index (κ2) is 7.95. The Kier molecular flexibility index (Phi) is 4.83. The zero-order chi connectivity index (χ0) is 22.1. The van der Waals surface area contributed by atoms with Gasteiger partial charge in [-0.3, -0.25) is 19.6 Å². The Hall–Kier alpha value is -4.53.